The van der Waals surface area contributed by atoms with Crippen LogP contribution < -0.4 is 5.73 Å². The van der Waals surface area contributed by atoms with Gasteiger partial charge in [-0.05, 0) is 43.5 Å². The standard InChI is InChI=1S/C16H17ClFN/c1-10-6-7-12(11(2)8-10)16(19)9-13-14(17)4-3-5-15(13)18/h3-8,16H,9,19H2,1-2H3. The Morgan fingerprint density at radius 2 is 1.95 bits per heavy atom. The molecule has 0 fully saturated rings. The van der Waals surface area contributed by atoms with Crippen LogP contribution in [0.3, 0.4) is 0 Å². The number of halogens is 2. The van der Waals surface area contributed by atoms with E-state index in [1.807, 2.05) is 26.0 Å². The third kappa shape index (κ3) is 3.14. The fourth-order valence-electron chi connectivity index (χ4n) is 2.30. The monoisotopic (exact) mass is 277 g/mol. The van der Waals surface area contributed by atoms with Crippen LogP contribution in [0.5, 0.6) is 0 Å². The lowest BCUT2D eigenvalue weighted by molar-refractivity contribution is 0.593. The van der Waals surface area contributed by atoms with Crippen LogP contribution in [0.1, 0.15) is 28.3 Å². The van der Waals surface area contributed by atoms with Gasteiger partial charge >= 0.3 is 0 Å². The molecule has 0 saturated heterocycles. The normalized spacial score (nSPS) is 12.5. The molecule has 0 aliphatic carbocycles. The SMILES string of the molecule is Cc1ccc(C(N)Cc2c(F)cccc2Cl)c(C)c1. The van der Waals surface area contributed by atoms with Gasteiger partial charge in [0.25, 0.3) is 0 Å². The summed E-state index contributed by atoms with van der Waals surface area (Å²) in [6.07, 6.45) is 0.398. The van der Waals surface area contributed by atoms with Gasteiger partial charge in [-0.25, -0.2) is 4.39 Å². The Labute approximate surface area is 118 Å². The van der Waals surface area contributed by atoms with Gasteiger partial charge in [-0.1, -0.05) is 41.4 Å². The summed E-state index contributed by atoms with van der Waals surface area (Å²) in [4.78, 5) is 0. The van der Waals surface area contributed by atoms with Crippen LogP contribution in [0.4, 0.5) is 4.39 Å². The number of nitrogens with two attached hydrogens (primary N) is 1. The Kier molecular flexibility index (Phi) is 4.23. The summed E-state index contributed by atoms with van der Waals surface area (Å²) >= 11 is 6.03. The van der Waals surface area contributed by atoms with Crippen molar-refractivity contribution in [2.24, 2.45) is 5.73 Å². The van der Waals surface area contributed by atoms with E-state index in [1.165, 1.54) is 11.6 Å². The lowest BCUT2D eigenvalue weighted by atomic mass is 9.95. The van der Waals surface area contributed by atoms with Crippen molar-refractivity contribution in [2.45, 2.75) is 26.3 Å². The van der Waals surface area contributed by atoms with Crippen molar-refractivity contribution in [2.75, 3.05) is 0 Å². The van der Waals surface area contributed by atoms with Crippen molar-refractivity contribution < 1.29 is 4.39 Å². The smallest absolute Gasteiger partial charge is 0.127 e. The van der Waals surface area contributed by atoms with Crippen LogP contribution in [0.2, 0.25) is 5.02 Å². The summed E-state index contributed by atoms with van der Waals surface area (Å²) in [5, 5.41) is 0.431. The molecule has 0 saturated carbocycles. The third-order valence-corrected chi connectivity index (χ3v) is 3.66. The Morgan fingerprint density at radius 3 is 2.58 bits per heavy atom. The molecular formula is C16H17ClFN. The zero-order valence-corrected chi connectivity index (χ0v) is 11.8. The van der Waals surface area contributed by atoms with Gasteiger partial charge in [0.2, 0.25) is 0 Å². The molecule has 0 amide bonds. The molecular weight excluding hydrogens is 261 g/mol. The van der Waals surface area contributed by atoms with Crippen LogP contribution in [-0.4, -0.2) is 0 Å². The van der Waals surface area contributed by atoms with Gasteiger partial charge in [0, 0.05) is 16.6 Å². The highest BCUT2D eigenvalue weighted by molar-refractivity contribution is 6.31. The number of benzene rings is 2. The zero-order valence-electron chi connectivity index (χ0n) is 11.1. The summed E-state index contributed by atoms with van der Waals surface area (Å²) in [6, 6.07) is 10.6. The van der Waals surface area contributed by atoms with Crippen LogP contribution >= 0.6 is 11.6 Å². The van der Waals surface area contributed by atoms with E-state index in [0.29, 0.717) is 17.0 Å². The molecule has 3 heteroatoms. The molecule has 2 N–H and O–H groups in total. The van der Waals surface area contributed by atoms with Crippen LogP contribution in [0, 0.1) is 19.7 Å². The Hall–Kier alpha value is -1.38. The van der Waals surface area contributed by atoms with Gasteiger partial charge in [0.15, 0.2) is 0 Å². The molecule has 0 aliphatic heterocycles. The molecule has 0 spiro atoms. The van der Waals surface area contributed by atoms with Gasteiger partial charge < -0.3 is 5.73 Å². The van der Waals surface area contributed by atoms with Gasteiger partial charge in [-0.15, -0.1) is 0 Å². The zero-order chi connectivity index (χ0) is 14.0. The topological polar surface area (TPSA) is 26.0 Å². The van der Waals surface area contributed by atoms with E-state index in [9.17, 15) is 4.39 Å². The Bertz CT molecular complexity index is 575. The van der Waals surface area contributed by atoms with Crippen molar-refractivity contribution in [1.82, 2.24) is 0 Å². The van der Waals surface area contributed by atoms with Crippen molar-refractivity contribution in [3.63, 3.8) is 0 Å². The van der Waals surface area contributed by atoms with E-state index in [4.69, 9.17) is 17.3 Å². The lowest BCUT2D eigenvalue weighted by Crippen LogP contribution is -2.15. The molecule has 19 heavy (non-hydrogen) atoms. The summed E-state index contributed by atoms with van der Waals surface area (Å²) in [5.41, 5.74) is 10.0. The average molecular weight is 278 g/mol. The second-order valence-electron chi connectivity index (χ2n) is 4.87. The largest absolute Gasteiger partial charge is 0.324 e. The van der Waals surface area contributed by atoms with Crippen molar-refractivity contribution in [1.29, 1.82) is 0 Å². The predicted octanol–water partition coefficient (Wildman–Crippen LogP) is 4.34. The van der Waals surface area contributed by atoms with Crippen molar-refractivity contribution in [3.05, 3.63) is 69.5 Å². The molecule has 2 aromatic rings. The maximum atomic E-state index is 13.8. The molecule has 1 unspecified atom stereocenters. The van der Waals surface area contributed by atoms with Crippen LogP contribution in [0.15, 0.2) is 36.4 Å². The molecule has 0 aliphatic rings. The molecule has 2 rings (SSSR count). The number of aryl methyl sites for hydroxylation is 2. The Balaban J connectivity index is 2.28. The first kappa shape index (κ1) is 14.0. The maximum Gasteiger partial charge on any atom is 0.127 e. The minimum atomic E-state index is -0.298. The van der Waals surface area contributed by atoms with E-state index < -0.39 is 0 Å². The predicted molar refractivity (Wildman–Crippen MR) is 78.0 cm³/mol. The third-order valence-electron chi connectivity index (χ3n) is 3.31. The minimum absolute atomic E-state index is 0.255. The molecule has 0 aromatic heterocycles. The summed E-state index contributed by atoms with van der Waals surface area (Å²) in [6.45, 7) is 4.06. The van der Waals surface area contributed by atoms with E-state index >= 15 is 0 Å². The highest BCUT2D eigenvalue weighted by Crippen LogP contribution is 2.26. The molecule has 0 bridgehead atoms. The summed E-state index contributed by atoms with van der Waals surface area (Å²) < 4.78 is 13.8. The van der Waals surface area contributed by atoms with E-state index in [1.54, 1.807) is 12.1 Å². The summed E-state index contributed by atoms with van der Waals surface area (Å²) in [5.74, 6) is -0.298. The first-order chi connectivity index (χ1) is 8.99. The number of rotatable bonds is 3. The number of hydrogen-bond donors (Lipinski definition) is 1. The second-order valence-corrected chi connectivity index (χ2v) is 5.28. The average Bonchev–Trinajstić information content (AvgIpc) is 2.33. The first-order valence-electron chi connectivity index (χ1n) is 6.24. The molecule has 2 aromatic carbocycles. The molecule has 100 valence electrons. The first-order valence-corrected chi connectivity index (χ1v) is 6.62. The van der Waals surface area contributed by atoms with Gasteiger partial charge in [-0.2, -0.15) is 0 Å². The highest BCUT2D eigenvalue weighted by Gasteiger charge is 2.14. The van der Waals surface area contributed by atoms with Gasteiger partial charge in [0.1, 0.15) is 5.82 Å². The fourth-order valence-corrected chi connectivity index (χ4v) is 2.54. The van der Waals surface area contributed by atoms with Crippen LogP contribution in [0.25, 0.3) is 0 Å². The lowest BCUT2D eigenvalue weighted by Gasteiger charge is -2.16. The Morgan fingerprint density at radius 1 is 1.21 bits per heavy atom. The van der Waals surface area contributed by atoms with Crippen molar-refractivity contribution in [3.8, 4) is 0 Å². The van der Waals surface area contributed by atoms with Crippen molar-refractivity contribution >= 4 is 11.6 Å². The van der Waals surface area contributed by atoms with E-state index in [-0.39, 0.29) is 11.9 Å². The maximum absolute atomic E-state index is 13.8. The molecule has 1 atom stereocenters. The molecule has 0 radical (unpaired) electrons. The highest BCUT2D eigenvalue weighted by atomic mass is 35.5. The molecule has 1 nitrogen and oxygen atoms in total. The minimum Gasteiger partial charge on any atom is -0.324 e. The van der Waals surface area contributed by atoms with Gasteiger partial charge in [0.05, 0.1) is 0 Å². The van der Waals surface area contributed by atoms with E-state index in [0.717, 1.165) is 11.1 Å². The second kappa shape index (κ2) is 5.72. The summed E-state index contributed by atoms with van der Waals surface area (Å²) in [7, 11) is 0. The van der Waals surface area contributed by atoms with Crippen LogP contribution in [-0.2, 0) is 6.42 Å². The quantitative estimate of drug-likeness (QED) is 0.887. The fraction of sp³-hybridized carbons (Fsp3) is 0.250. The van der Waals surface area contributed by atoms with E-state index in [2.05, 4.69) is 6.07 Å². The number of hydrogen-bond acceptors (Lipinski definition) is 1. The molecule has 0 heterocycles. The van der Waals surface area contributed by atoms with Gasteiger partial charge in [-0.3, -0.25) is 0 Å².